The summed E-state index contributed by atoms with van der Waals surface area (Å²) in [7, 11) is 0. The molecule has 2 aromatic rings. The van der Waals surface area contributed by atoms with Crippen LogP contribution >= 0.6 is 0 Å². The van der Waals surface area contributed by atoms with Gasteiger partial charge in [-0.1, -0.05) is 31.5 Å². The van der Waals surface area contributed by atoms with Gasteiger partial charge < -0.3 is 15.2 Å². The van der Waals surface area contributed by atoms with Crippen LogP contribution in [-0.2, 0) is 17.9 Å². The Hall–Kier alpha value is -2.14. The number of nitrogens with one attached hydrogen (secondary N) is 2. The van der Waals surface area contributed by atoms with Crippen molar-refractivity contribution in [3.05, 3.63) is 47.5 Å². The summed E-state index contributed by atoms with van der Waals surface area (Å²) in [6.07, 6.45) is 4.27. The van der Waals surface area contributed by atoms with E-state index in [-0.39, 0.29) is 11.9 Å². The molecule has 0 aliphatic rings. The smallest absolute Gasteiger partial charge is 0.225 e. The molecule has 0 aliphatic heterocycles. The van der Waals surface area contributed by atoms with Crippen LogP contribution in [0.5, 0.6) is 0 Å². The van der Waals surface area contributed by atoms with Crippen LogP contribution in [-0.4, -0.2) is 21.5 Å². The maximum absolute atomic E-state index is 12.3. The third-order valence-electron chi connectivity index (χ3n) is 4.12. The van der Waals surface area contributed by atoms with Gasteiger partial charge in [0.2, 0.25) is 5.91 Å². The summed E-state index contributed by atoms with van der Waals surface area (Å²) in [6, 6.07) is 6.13. The summed E-state index contributed by atoms with van der Waals surface area (Å²) in [6.45, 7) is 12.1. The Kier molecular flexibility index (Phi) is 6.76. The molecule has 1 amide bonds. The van der Waals surface area contributed by atoms with E-state index in [0.29, 0.717) is 18.9 Å². The van der Waals surface area contributed by atoms with Gasteiger partial charge in [0.1, 0.15) is 5.82 Å². The molecule has 1 aromatic carbocycles. The van der Waals surface area contributed by atoms with E-state index in [1.807, 2.05) is 45.3 Å². The number of carbonyl (C=O) groups excluding carboxylic acids is 1. The molecular formula is C20H30N4O. The van der Waals surface area contributed by atoms with E-state index in [4.69, 9.17) is 0 Å². The first kappa shape index (κ1) is 19.2. The molecule has 0 aliphatic carbocycles. The fraction of sp³-hybridized carbons (Fsp3) is 0.500. The normalized spacial score (nSPS) is 12.4. The lowest BCUT2D eigenvalue weighted by Gasteiger charge is -2.16. The van der Waals surface area contributed by atoms with E-state index in [9.17, 15) is 4.79 Å². The second-order valence-electron chi connectivity index (χ2n) is 7.24. The van der Waals surface area contributed by atoms with Crippen molar-refractivity contribution >= 4 is 11.6 Å². The van der Waals surface area contributed by atoms with Crippen LogP contribution in [0, 0.1) is 19.8 Å². The third kappa shape index (κ3) is 6.02. The predicted octanol–water partition coefficient (Wildman–Crippen LogP) is 3.66. The minimum atomic E-state index is 0.0254. The molecule has 1 unspecified atom stereocenters. The molecule has 25 heavy (non-hydrogen) atoms. The SMILES string of the molecule is Cc1ccc(NC(=O)CC(C)NCc2nccn2CC(C)C)c(C)c1. The van der Waals surface area contributed by atoms with Crippen molar-refractivity contribution in [2.24, 2.45) is 5.92 Å². The van der Waals surface area contributed by atoms with Crippen LogP contribution in [0.2, 0.25) is 0 Å². The molecule has 0 saturated carbocycles. The number of hydrogen-bond acceptors (Lipinski definition) is 3. The highest BCUT2D eigenvalue weighted by Gasteiger charge is 2.12. The summed E-state index contributed by atoms with van der Waals surface area (Å²) < 4.78 is 2.17. The summed E-state index contributed by atoms with van der Waals surface area (Å²) in [5.41, 5.74) is 3.17. The van der Waals surface area contributed by atoms with Crippen molar-refractivity contribution in [1.82, 2.24) is 14.9 Å². The lowest BCUT2D eigenvalue weighted by atomic mass is 10.1. The summed E-state index contributed by atoms with van der Waals surface area (Å²) in [5.74, 6) is 1.61. The Morgan fingerprint density at radius 2 is 2.00 bits per heavy atom. The standard InChI is InChI=1S/C20H30N4O/c1-14(2)13-24-9-8-21-19(24)12-22-17(5)11-20(25)23-18-7-6-15(3)10-16(18)4/h6-10,14,17,22H,11-13H2,1-5H3,(H,23,25). The molecule has 0 fully saturated rings. The largest absolute Gasteiger partial charge is 0.334 e. The van der Waals surface area contributed by atoms with Crippen LogP contribution in [0.15, 0.2) is 30.6 Å². The van der Waals surface area contributed by atoms with Gasteiger partial charge in [-0.15, -0.1) is 0 Å². The van der Waals surface area contributed by atoms with Crippen molar-refractivity contribution in [2.45, 2.75) is 60.2 Å². The van der Waals surface area contributed by atoms with Gasteiger partial charge in [-0.25, -0.2) is 4.98 Å². The Bertz CT molecular complexity index is 705. The topological polar surface area (TPSA) is 59.0 Å². The van der Waals surface area contributed by atoms with Gasteiger partial charge in [-0.05, 0) is 38.3 Å². The van der Waals surface area contributed by atoms with Crippen LogP contribution < -0.4 is 10.6 Å². The molecule has 0 bridgehead atoms. The number of amides is 1. The van der Waals surface area contributed by atoms with Crippen LogP contribution in [0.4, 0.5) is 5.69 Å². The van der Waals surface area contributed by atoms with Gasteiger partial charge in [0.25, 0.3) is 0 Å². The molecule has 2 rings (SSSR count). The molecule has 0 spiro atoms. The molecule has 5 heteroatoms. The molecular weight excluding hydrogens is 312 g/mol. The summed E-state index contributed by atoms with van der Waals surface area (Å²) in [5, 5.41) is 6.39. The first-order valence-electron chi connectivity index (χ1n) is 8.95. The lowest BCUT2D eigenvalue weighted by molar-refractivity contribution is -0.116. The third-order valence-corrected chi connectivity index (χ3v) is 4.12. The van der Waals surface area contributed by atoms with Gasteiger partial charge in [0.05, 0.1) is 6.54 Å². The molecule has 1 atom stereocenters. The Balaban J connectivity index is 1.82. The monoisotopic (exact) mass is 342 g/mol. The van der Waals surface area contributed by atoms with E-state index in [0.717, 1.165) is 23.6 Å². The highest BCUT2D eigenvalue weighted by molar-refractivity contribution is 5.91. The average Bonchev–Trinajstić information content (AvgIpc) is 2.94. The number of hydrogen-bond donors (Lipinski definition) is 2. The summed E-state index contributed by atoms with van der Waals surface area (Å²) in [4.78, 5) is 16.7. The fourth-order valence-corrected chi connectivity index (χ4v) is 2.84. The number of carbonyl (C=O) groups is 1. The highest BCUT2D eigenvalue weighted by atomic mass is 16.1. The number of anilines is 1. The minimum Gasteiger partial charge on any atom is -0.334 e. The highest BCUT2D eigenvalue weighted by Crippen LogP contribution is 2.16. The first-order valence-corrected chi connectivity index (χ1v) is 8.95. The zero-order valence-electron chi connectivity index (χ0n) is 16.0. The van der Waals surface area contributed by atoms with Crippen molar-refractivity contribution < 1.29 is 4.79 Å². The van der Waals surface area contributed by atoms with E-state index >= 15 is 0 Å². The number of imidazole rings is 1. The van der Waals surface area contributed by atoms with Crippen molar-refractivity contribution in [3.63, 3.8) is 0 Å². The quantitative estimate of drug-likeness (QED) is 0.770. The van der Waals surface area contributed by atoms with Crippen LogP contribution in [0.25, 0.3) is 0 Å². The molecule has 0 radical (unpaired) electrons. The second kappa shape index (κ2) is 8.81. The van der Waals surface area contributed by atoms with Gasteiger partial charge in [-0.2, -0.15) is 0 Å². The van der Waals surface area contributed by atoms with E-state index in [2.05, 4.69) is 40.1 Å². The van der Waals surface area contributed by atoms with Crippen LogP contribution in [0.1, 0.15) is 44.1 Å². The molecule has 0 saturated heterocycles. The number of nitrogens with zero attached hydrogens (tertiary/aromatic N) is 2. The molecule has 136 valence electrons. The number of aryl methyl sites for hydroxylation is 2. The second-order valence-corrected chi connectivity index (χ2v) is 7.24. The van der Waals surface area contributed by atoms with Crippen molar-refractivity contribution in [1.29, 1.82) is 0 Å². The van der Waals surface area contributed by atoms with Gasteiger partial charge in [0.15, 0.2) is 0 Å². The molecule has 1 heterocycles. The lowest BCUT2D eigenvalue weighted by Crippen LogP contribution is -2.31. The van der Waals surface area contributed by atoms with E-state index < -0.39 is 0 Å². The average molecular weight is 342 g/mol. The van der Waals surface area contributed by atoms with Gasteiger partial charge in [-0.3, -0.25) is 4.79 Å². The minimum absolute atomic E-state index is 0.0254. The maximum atomic E-state index is 12.3. The van der Waals surface area contributed by atoms with Crippen molar-refractivity contribution in [3.8, 4) is 0 Å². The van der Waals surface area contributed by atoms with Crippen LogP contribution in [0.3, 0.4) is 0 Å². The molecule has 5 nitrogen and oxygen atoms in total. The number of aromatic nitrogens is 2. The Morgan fingerprint density at radius 3 is 2.68 bits per heavy atom. The van der Waals surface area contributed by atoms with E-state index in [1.54, 1.807) is 0 Å². The summed E-state index contributed by atoms with van der Waals surface area (Å²) >= 11 is 0. The number of rotatable bonds is 8. The zero-order valence-corrected chi connectivity index (χ0v) is 16.0. The Labute approximate surface area is 150 Å². The van der Waals surface area contributed by atoms with Crippen molar-refractivity contribution in [2.75, 3.05) is 5.32 Å². The van der Waals surface area contributed by atoms with E-state index in [1.165, 1.54) is 5.56 Å². The predicted molar refractivity (Wildman–Crippen MR) is 103 cm³/mol. The van der Waals surface area contributed by atoms with Gasteiger partial charge >= 0.3 is 0 Å². The fourth-order valence-electron chi connectivity index (χ4n) is 2.84. The molecule has 1 aromatic heterocycles. The van der Waals surface area contributed by atoms with Gasteiger partial charge in [0, 0.05) is 37.1 Å². The number of benzene rings is 1. The Morgan fingerprint density at radius 1 is 1.24 bits per heavy atom. The molecule has 2 N–H and O–H groups in total. The first-order chi connectivity index (χ1) is 11.8. The zero-order chi connectivity index (χ0) is 18.4. The maximum Gasteiger partial charge on any atom is 0.225 e.